The lowest BCUT2D eigenvalue weighted by Crippen LogP contribution is -2.18. The number of aromatic amines is 1. The monoisotopic (exact) mass is 496 g/mol. The number of nitrogens with two attached hydrogens (primary N) is 1. The molecule has 0 fully saturated rings. The molecule has 5 N–H and O–H groups in total. The number of aromatic nitrogens is 5. The molecule has 36 heavy (non-hydrogen) atoms. The first-order valence-electron chi connectivity index (χ1n) is 10.7. The molecule has 0 amide bonds. The van der Waals surface area contributed by atoms with Gasteiger partial charge in [-0.25, -0.2) is 13.6 Å². The minimum atomic E-state index is -1.05. The predicted molar refractivity (Wildman–Crippen MR) is 127 cm³/mol. The molecule has 0 aliphatic carbocycles. The lowest BCUT2D eigenvalue weighted by atomic mass is 10.0. The van der Waals surface area contributed by atoms with E-state index < -0.39 is 24.2 Å². The molecule has 186 valence electrons. The van der Waals surface area contributed by atoms with Crippen LogP contribution in [0.4, 0.5) is 14.5 Å². The molecule has 0 unspecified atom stereocenters. The van der Waals surface area contributed by atoms with E-state index in [0.29, 0.717) is 11.3 Å². The Balaban J connectivity index is 1.84. The summed E-state index contributed by atoms with van der Waals surface area (Å²) in [5.74, 6) is -0.681. The van der Waals surface area contributed by atoms with Gasteiger partial charge in [0.05, 0.1) is 7.11 Å². The second-order valence-corrected chi connectivity index (χ2v) is 7.44. The van der Waals surface area contributed by atoms with Crippen LogP contribution in [0.25, 0.3) is 5.82 Å². The van der Waals surface area contributed by atoms with E-state index in [4.69, 9.17) is 20.6 Å². The zero-order valence-electron chi connectivity index (χ0n) is 19.0. The van der Waals surface area contributed by atoms with Gasteiger partial charge in [-0.3, -0.25) is 10.4 Å². The Labute approximate surface area is 203 Å². The van der Waals surface area contributed by atoms with E-state index in [1.165, 1.54) is 31.5 Å². The van der Waals surface area contributed by atoms with E-state index in [2.05, 4.69) is 25.6 Å². The Hall–Kier alpha value is -4.81. The molecule has 0 radical (unpaired) electrons. The van der Waals surface area contributed by atoms with Crippen molar-refractivity contribution >= 4 is 11.5 Å². The fourth-order valence-electron chi connectivity index (χ4n) is 3.41. The van der Waals surface area contributed by atoms with Gasteiger partial charge in [0.25, 0.3) is 0 Å². The fourth-order valence-corrected chi connectivity index (χ4v) is 3.41. The highest BCUT2D eigenvalue weighted by molar-refractivity contribution is 5.95. The van der Waals surface area contributed by atoms with Crippen molar-refractivity contribution in [2.75, 3.05) is 25.7 Å². The van der Waals surface area contributed by atoms with Crippen LogP contribution >= 0.6 is 0 Å². The second kappa shape index (κ2) is 10.6. The third-order valence-electron chi connectivity index (χ3n) is 5.11. The number of nitrogen functional groups attached to an aromatic ring is 1. The molecule has 2 heterocycles. The molecule has 0 aliphatic heterocycles. The van der Waals surface area contributed by atoms with Gasteiger partial charge in [-0.2, -0.15) is 9.78 Å². The van der Waals surface area contributed by atoms with Crippen LogP contribution in [0.1, 0.15) is 23.0 Å². The van der Waals surface area contributed by atoms with Crippen molar-refractivity contribution in [3.8, 4) is 17.3 Å². The Bertz CT molecular complexity index is 1410. The first kappa shape index (κ1) is 24.3. The minimum absolute atomic E-state index is 0.0129. The minimum Gasteiger partial charge on any atom is -0.497 e. The van der Waals surface area contributed by atoms with Crippen LogP contribution < -0.4 is 26.2 Å². The van der Waals surface area contributed by atoms with Crippen molar-refractivity contribution in [1.82, 2.24) is 25.0 Å². The number of nitrogens with zero attached hydrogens (tertiary/aromatic N) is 4. The van der Waals surface area contributed by atoms with Gasteiger partial charge in [-0.05, 0) is 42.5 Å². The molecule has 2 aromatic carbocycles. The predicted octanol–water partition coefficient (Wildman–Crippen LogP) is 2.33. The van der Waals surface area contributed by atoms with Crippen LogP contribution in [0.15, 0.2) is 59.5 Å². The third kappa shape index (κ3) is 5.14. The van der Waals surface area contributed by atoms with Gasteiger partial charge >= 0.3 is 5.69 Å². The third-order valence-corrected chi connectivity index (χ3v) is 5.11. The SMILES string of the molecule is COc1cc(OCCF)c(F)c([C@H](Nc2ccc(C(=N)N)cc2)c2nn(-c3cccnn3)c(=O)[nH]2)c1. The molecule has 13 heteroatoms. The van der Waals surface area contributed by atoms with Crippen molar-refractivity contribution in [2.45, 2.75) is 6.04 Å². The fraction of sp³-hybridized carbons (Fsp3) is 0.174. The van der Waals surface area contributed by atoms with E-state index in [0.717, 1.165) is 4.68 Å². The quantitative estimate of drug-likeness (QED) is 0.192. The molecule has 4 rings (SSSR count). The van der Waals surface area contributed by atoms with E-state index >= 15 is 4.39 Å². The number of methoxy groups -OCH3 is 1. The number of H-pyrrole nitrogens is 1. The number of benzene rings is 2. The first-order chi connectivity index (χ1) is 17.4. The molecule has 0 bridgehead atoms. The van der Waals surface area contributed by atoms with Crippen LogP contribution in [0.5, 0.6) is 11.5 Å². The molecule has 0 saturated carbocycles. The lowest BCUT2D eigenvalue weighted by molar-refractivity contribution is 0.260. The maximum atomic E-state index is 15.6. The average Bonchev–Trinajstić information content (AvgIpc) is 3.28. The lowest BCUT2D eigenvalue weighted by Gasteiger charge is -2.21. The Kier molecular flexibility index (Phi) is 7.18. The van der Waals surface area contributed by atoms with Gasteiger partial charge in [0.1, 0.15) is 30.9 Å². The van der Waals surface area contributed by atoms with Crippen LogP contribution in [-0.4, -0.2) is 51.2 Å². The summed E-state index contributed by atoms with van der Waals surface area (Å²) in [5, 5.41) is 22.6. The van der Waals surface area contributed by atoms with Crippen molar-refractivity contribution < 1.29 is 18.3 Å². The normalized spacial score (nSPS) is 11.6. The van der Waals surface area contributed by atoms with Crippen LogP contribution in [0, 0.1) is 11.2 Å². The number of amidine groups is 1. The number of hydrogen-bond acceptors (Lipinski definition) is 8. The summed E-state index contributed by atoms with van der Waals surface area (Å²) >= 11 is 0. The number of anilines is 1. The molecule has 0 saturated heterocycles. The molecular formula is C23H22F2N8O3. The number of rotatable bonds is 10. The highest BCUT2D eigenvalue weighted by Crippen LogP contribution is 2.35. The maximum Gasteiger partial charge on any atom is 0.349 e. The summed E-state index contributed by atoms with van der Waals surface area (Å²) in [7, 11) is 1.39. The first-order valence-corrected chi connectivity index (χ1v) is 10.7. The van der Waals surface area contributed by atoms with E-state index in [1.54, 1.807) is 30.3 Å². The zero-order chi connectivity index (χ0) is 25.7. The topological polar surface area (TPSA) is 157 Å². The standard InChI is InChI=1S/C23H22F2N8O3/c1-35-15-11-16(19(25)17(12-15)36-10-8-24)20(29-14-6-4-13(5-7-14)21(26)27)22-30-23(34)33(32-22)18-3-2-9-28-31-18/h2-7,9,11-12,20,29H,8,10H2,1H3,(H3,26,27)(H,30,32,34)/t20-/m0/s1. The zero-order valence-corrected chi connectivity index (χ0v) is 19.0. The Morgan fingerprint density at radius 2 is 2.06 bits per heavy atom. The van der Waals surface area contributed by atoms with Crippen molar-refractivity contribution in [3.05, 3.63) is 88.0 Å². The number of ether oxygens (including phenoxy) is 2. The van der Waals surface area contributed by atoms with E-state index in [1.807, 2.05) is 0 Å². The number of hydrogen-bond donors (Lipinski definition) is 4. The second-order valence-electron chi connectivity index (χ2n) is 7.44. The Morgan fingerprint density at radius 1 is 1.28 bits per heavy atom. The van der Waals surface area contributed by atoms with E-state index in [-0.39, 0.29) is 41.1 Å². The molecule has 2 aromatic heterocycles. The van der Waals surface area contributed by atoms with Gasteiger partial charge in [-0.1, -0.05) is 0 Å². The van der Waals surface area contributed by atoms with Gasteiger partial charge in [0.15, 0.2) is 23.2 Å². The average molecular weight is 496 g/mol. The largest absolute Gasteiger partial charge is 0.497 e. The molecule has 0 spiro atoms. The summed E-state index contributed by atoms with van der Waals surface area (Å²) in [4.78, 5) is 15.3. The number of nitrogens with one attached hydrogen (secondary N) is 3. The van der Waals surface area contributed by atoms with Crippen molar-refractivity contribution in [2.24, 2.45) is 5.73 Å². The van der Waals surface area contributed by atoms with E-state index in [9.17, 15) is 9.18 Å². The van der Waals surface area contributed by atoms with Crippen LogP contribution in [-0.2, 0) is 0 Å². The van der Waals surface area contributed by atoms with Gasteiger partial charge in [0.2, 0.25) is 0 Å². The summed E-state index contributed by atoms with van der Waals surface area (Å²) in [6.45, 7) is -1.17. The summed E-state index contributed by atoms with van der Waals surface area (Å²) in [6.07, 6.45) is 1.45. The number of halogens is 2. The highest BCUT2D eigenvalue weighted by Gasteiger charge is 2.27. The summed E-state index contributed by atoms with van der Waals surface area (Å²) < 4.78 is 39.9. The molecular weight excluding hydrogens is 474 g/mol. The molecule has 1 atom stereocenters. The smallest absolute Gasteiger partial charge is 0.349 e. The van der Waals surface area contributed by atoms with Gasteiger partial charge in [-0.15, -0.1) is 10.2 Å². The maximum absolute atomic E-state index is 15.6. The van der Waals surface area contributed by atoms with Crippen molar-refractivity contribution in [3.63, 3.8) is 0 Å². The molecule has 11 nitrogen and oxygen atoms in total. The number of alkyl halides is 1. The van der Waals surface area contributed by atoms with Crippen LogP contribution in [0.2, 0.25) is 0 Å². The highest BCUT2D eigenvalue weighted by atomic mass is 19.1. The van der Waals surface area contributed by atoms with Gasteiger partial charge in [0, 0.05) is 29.1 Å². The summed E-state index contributed by atoms with van der Waals surface area (Å²) in [5.41, 5.74) is 5.92. The van der Waals surface area contributed by atoms with Gasteiger partial charge < -0.3 is 20.5 Å². The molecule has 0 aliphatic rings. The molecule has 4 aromatic rings. The summed E-state index contributed by atoms with van der Waals surface area (Å²) in [6, 6.07) is 11.3. The van der Waals surface area contributed by atoms with Crippen LogP contribution in [0.3, 0.4) is 0 Å². The Morgan fingerprint density at radius 3 is 2.69 bits per heavy atom. The van der Waals surface area contributed by atoms with Crippen molar-refractivity contribution in [1.29, 1.82) is 5.41 Å².